The maximum Gasteiger partial charge on any atom is 0.252 e. The number of halogens is 1. The SMILES string of the molecule is Cc1cc(=O)[nH]c(N/N=C/c2ccc(OCc3ccc(Cl)cc3)cc2)n1. The van der Waals surface area contributed by atoms with Gasteiger partial charge in [0.05, 0.1) is 6.21 Å². The average Bonchev–Trinajstić information content (AvgIpc) is 2.62. The number of hydrazone groups is 1. The molecule has 0 aliphatic rings. The average molecular weight is 369 g/mol. The summed E-state index contributed by atoms with van der Waals surface area (Å²) in [6.07, 6.45) is 1.63. The number of anilines is 1. The molecule has 2 N–H and O–H groups in total. The lowest BCUT2D eigenvalue weighted by Gasteiger charge is -2.06. The van der Waals surface area contributed by atoms with Gasteiger partial charge in [-0.3, -0.25) is 9.78 Å². The van der Waals surface area contributed by atoms with Gasteiger partial charge in [-0.25, -0.2) is 10.4 Å². The third kappa shape index (κ3) is 5.19. The van der Waals surface area contributed by atoms with E-state index in [2.05, 4.69) is 20.5 Å². The molecule has 7 heteroatoms. The van der Waals surface area contributed by atoms with Gasteiger partial charge < -0.3 is 4.74 Å². The fourth-order valence-electron chi connectivity index (χ4n) is 2.20. The van der Waals surface area contributed by atoms with E-state index in [4.69, 9.17) is 16.3 Å². The zero-order valence-corrected chi connectivity index (χ0v) is 14.8. The van der Waals surface area contributed by atoms with Crippen LogP contribution in [0.2, 0.25) is 5.02 Å². The molecular weight excluding hydrogens is 352 g/mol. The summed E-state index contributed by atoms with van der Waals surface area (Å²) in [5, 5.41) is 4.77. The molecule has 1 aromatic heterocycles. The zero-order chi connectivity index (χ0) is 18.4. The normalized spacial score (nSPS) is 10.8. The lowest BCUT2D eigenvalue weighted by molar-refractivity contribution is 0.306. The van der Waals surface area contributed by atoms with E-state index >= 15 is 0 Å². The van der Waals surface area contributed by atoms with Gasteiger partial charge in [-0.15, -0.1) is 0 Å². The van der Waals surface area contributed by atoms with Crippen molar-refractivity contribution in [1.29, 1.82) is 0 Å². The Morgan fingerprint density at radius 1 is 1.19 bits per heavy atom. The molecule has 0 aliphatic heterocycles. The van der Waals surface area contributed by atoms with Crippen molar-refractivity contribution in [2.75, 3.05) is 5.43 Å². The van der Waals surface area contributed by atoms with Gasteiger partial charge in [0, 0.05) is 16.8 Å². The van der Waals surface area contributed by atoms with Crippen LogP contribution in [0.3, 0.4) is 0 Å². The molecule has 0 unspecified atom stereocenters. The molecule has 0 fully saturated rings. The number of hydrogen-bond acceptors (Lipinski definition) is 5. The zero-order valence-electron chi connectivity index (χ0n) is 14.1. The summed E-state index contributed by atoms with van der Waals surface area (Å²) in [6, 6.07) is 16.4. The first kappa shape index (κ1) is 17.7. The van der Waals surface area contributed by atoms with Crippen LogP contribution in [0.4, 0.5) is 5.95 Å². The molecule has 2 aromatic carbocycles. The predicted molar refractivity (Wildman–Crippen MR) is 103 cm³/mol. The summed E-state index contributed by atoms with van der Waals surface area (Å²) in [5.41, 5.74) is 5.02. The highest BCUT2D eigenvalue weighted by Crippen LogP contribution is 2.15. The van der Waals surface area contributed by atoms with E-state index in [-0.39, 0.29) is 5.56 Å². The summed E-state index contributed by atoms with van der Waals surface area (Å²) in [7, 11) is 0. The maximum atomic E-state index is 11.4. The Labute approximate surface area is 155 Å². The molecule has 0 saturated heterocycles. The first-order valence-electron chi connectivity index (χ1n) is 7.93. The van der Waals surface area contributed by atoms with Crippen molar-refractivity contribution in [2.24, 2.45) is 5.10 Å². The lowest BCUT2D eigenvalue weighted by Crippen LogP contribution is -2.10. The summed E-state index contributed by atoms with van der Waals surface area (Å²) in [4.78, 5) is 18.0. The van der Waals surface area contributed by atoms with Crippen LogP contribution in [0.1, 0.15) is 16.8 Å². The monoisotopic (exact) mass is 368 g/mol. The standard InChI is InChI=1S/C19H17ClN4O2/c1-13-10-18(25)23-19(22-13)24-21-11-14-4-8-17(9-5-14)26-12-15-2-6-16(20)7-3-15/h2-11H,12H2,1H3,(H2,22,23,24,25)/b21-11+. The fraction of sp³-hybridized carbons (Fsp3) is 0.105. The highest BCUT2D eigenvalue weighted by molar-refractivity contribution is 6.30. The number of benzene rings is 2. The molecular formula is C19H17ClN4O2. The van der Waals surface area contributed by atoms with Gasteiger partial charge in [0.25, 0.3) is 5.56 Å². The number of nitrogens with one attached hydrogen (secondary N) is 2. The number of hydrogen-bond donors (Lipinski definition) is 2. The van der Waals surface area contributed by atoms with E-state index in [1.807, 2.05) is 48.5 Å². The highest BCUT2D eigenvalue weighted by atomic mass is 35.5. The van der Waals surface area contributed by atoms with Crippen LogP contribution in [0.5, 0.6) is 5.75 Å². The molecule has 0 saturated carbocycles. The Kier molecular flexibility index (Phi) is 5.66. The van der Waals surface area contributed by atoms with Crippen LogP contribution in [0.25, 0.3) is 0 Å². The third-order valence-corrected chi connectivity index (χ3v) is 3.70. The number of aromatic nitrogens is 2. The number of H-pyrrole nitrogens is 1. The molecule has 3 rings (SSSR count). The second-order valence-electron chi connectivity index (χ2n) is 5.59. The van der Waals surface area contributed by atoms with E-state index in [0.29, 0.717) is 23.3 Å². The third-order valence-electron chi connectivity index (χ3n) is 3.45. The van der Waals surface area contributed by atoms with E-state index in [0.717, 1.165) is 16.9 Å². The van der Waals surface area contributed by atoms with Crippen LogP contribution < -0.4 is 15.7 Å². The van der Waals surface area contributed by atoms with Crippen LogP contribution in [0.15, 0.2) is 64.5 Å². The topological polar surface area (TPSA) is 79.4 Å². The number of aromatic amines is 1. The molecule has 1 heterocycles. The van der Waals surface area contributed by atoms with Gasteiger partial charge in [-0.1, -0.05) is 23.7 Å². The first-order chi connectivity index (χ1) is 12.6. The number of ether oxygens (including phenoxy) is 1. The molecule has 0 aliphatic carbocycles. The van der Waals surface area contributed by atoms with E-state index < -0.39 is 0 Å². The molecule has 0 bridgehead atoms. The molecule has 0 radical (unpaired) electrons. The van der Waals surface area contributed by atoms with E-state index in [9.17, 15) is 4.79 Å². The number of nitrogens with zero attached hydrogens (tertiary/aromatic N) is 2. The van der Waals surface area contributed by atoms with Gasteiger partial charge >= 0.3 is 0 Å². The van der Waals surface area contributed by atoms with Crippen molar-refractivity contribution in [1.82, 2.24) is 9.97 Å². The van der Waals surface area contributed by atoms with Gasteiger partial charge in [0.15, 0.2) is 0 Å². The molecule has 0 amide bonds. The minimum Gasteiger partial charge on any atom is -0.489 e. The van der Waals surface area contributed by atoms with Gasteiger partial charge in [0.2, 0.25) is 5.95 Å². The Morgan fingerprint density at radius 2 is 1.92 bits per heavy atom. The smallest absolute Gasteiger partial charge is 0.252 e. The Balaban J connectivity index is 1.55. The molecule has 26 heavy (non-hydrogen) atoms. The predicted octanol–water partition coefficient (Wildman–Crippen LogP) is 3.76. The number of aryl methyl sites for hydroxylation is 1. The van der Waals surface area contributed by atoms with Gasteiger partial charge in [0.1, 0.15) is 12.4 Å². The highest BCUT2D eigenvalue weighted by Gasteiger charge is 1.98. The fourth-order valence-corrected chi connectivity index (χ4v) is 2.32. The van der Waals surface area contributed by atoms with Gasteiger partial charge in [-0.2, -0.15) is 5.10 Å². The van der Waals surface area contributed by atoms with Crippen molar-refractivity contribution in [3.8, 4) is 5.75 Å². The summed E-state index contributed by atoms with van der Waals surface area (Å²) in [5.74, 6) is 1.06. The van der Waals surface area contributed by atoms with Crippen LogP contribution in [0, 0.1) is 6.92 Å². The molecule has 132 valence electrons. The summed E-state index contributed by atoms with van der Waals surface area (Å²) < 4.78 is 5.73. The van der Waals surface area contributed by atoms with E-state index in [1.165, 1.54) is 6.07 Å². The van der Waals surface area contributed by atoms with Gasteiger partial charge in [-0.05, 0) is 54.4 Å². The quantitative estimate of drug-likeness (QED) is 0.513. The van der Waals surface area contributed by atoms with Crippen molar-refractivity contribution in [3.05, 3.63) is 86.8 Å². The number of rotatable bonds is 6. The molecule has 0 atom stereocenters. The largest absolute Gasteiger partial charge is 0.489 e. The maximum absolute atomic E-state index is 11.4. The molecule has 3 aromatic rings. The Morgan fingerprint density at radius 3 is 2.62 bits per heavy atom. The minimum atomic E-state index is -0.225. The molecule has 6 nitrogen and oxygen atoms in total. The second kappa shape index (κ2) is 8.31. The van der Waals surface area contributed by atoms with Crippen molar-refractivity contribution < 1.29 is 4.74 Å². The van der Waals surface area contributed by atoms with Crippen molar-refractivity contribution >= 4 is 23.8 Å². The lowest BCUT2D eigenvalue weighted by atomic mass is 10.2. The van der Waals surface area contributed by atoms with E-state index in [1.54, 1.807) is 13.1 Å². The van der Waals surface area contributed by atoms with Crippen LogP contribution in [-0.2, 0) is 6.61 Å². The van der Waals surface area contributed by atoms with Crippen molar-refractivity contribution in [2.45, 2.75) is 13.5 Å². The Hall–Kier alpha value is -3.12. The second-order valence-corrected chi connectivity index (χ2v) is 6.03. The first-order valence-corrected chi connectivity index (χ1v) is 8.31. The summed E-state index contributed by atoms with van der Waals surface area (Å²) in [6.45, 7) is 2.21. The Bertz CT molecular complexity index is 951. The summed E-state index contributed by atoms with van der Waals surface area (Å²) >= 11 is 5.86. The minimum absolute atomic E-state index is 0.225. The van der Waals surface area contributed by atoms with Crippen LogP contribution >= 0.6 is 11.6 Å². The van der Waals surface area contributed by atoms with Crippen molar-refractivity contribution in [3.63, 3.8) is 0 Å². The van der Waals surface area contributed by atoms with Crippen LogP contribution in [-0.4, -0.2) is 16.2 Å². The molecule has 0 spiro atoms.